The maximum atomic E-state index is 4.24. The Bertz CT molecular complexity index is 368. The van der Waals surface area contributed by atoms with Crippen LogP contribution in [-0.4, -0.2) is 4.98 Å². The summed E-state index contributed by atoms with van der Waals surface area (Å²) in [6, 6.07) is 2.22. The first-order chi connectivity index (χ1) is 6.90. The fourth-order valence-electron chi connectivity index (χ4n) is 1.61. The third-order valence-corrected chi connectivity index (χ3v) is 3.03. The summed E-state index contributed by atoms with van der Waals surface area (Å²) >= 11 is 3.44. The molecule has 0 aliphatic heterocycles. The van der Waals surface area contributed by atoms with Gasteiger partial charge in [-0.1, -0.05) is 46.3 Å². The van der Waals surface area contributed by atoms with E-state index in [9.17, 15) is 0 Å². The van der Waals surface area contributed by atoms with E-state index in [1.165, 1.54) is 11.1 Å². The summed E-state index contributed by atoms with van der Waals surface area (Å²) in [6.45, 7) is 0. The van der Waals surface area contributed by atoms with Crippen LogP contribution in [0.5, 0.6) is 0 Å². The highest BCUT2D eigenvalue weighted by Gasteiger charge is 2.08. The number of hydrogen-bond acceptors (Lipinski definition) is 1. The van der Waals surface area contributed by atoms with Crippen LogP contribution in [0.3, 0.4) is 0 Å². The smallest absolute Gasteiger partial charge is 0.0308 e. The Hall–Kier alpha value is -0.890. The predicted octanol–water partition coefficient (Wildman–Crippen LogP) is 3.58. The first-order valence-corrected chi connectivity index (χ1v) is 5.85. The van der Waals surface area contributed by atoms with Gasteiger partial charge in [-0.05, 0) is 17.5 Å². The van der Waals surface area contributed by atoms with E-state index in [0.717, 1.165) is 11.8 Å². The van der Waals surface area contributed by atoms with Gasteiger partial charge in [0.25, 0.3) is 0 Å². The minimum atomic E-state index is 0.506. The summed E-state index contributed by atoms with van der Waals surface area (Å²) in [6.07, 6.45) is 13.6. The standard InChI is InChI=1S/C12H12BrN/c13-7-10-6-12(9-14-8-10)11-4-2-1-3-5-11/h1-4,6,8-9,11H,5,7H2. The highest BCUT2D eigenvalue weighted by molar-refractivity contribution is 9.08. The van der Waals surface area contributed by atoms with Gasteiger partial charge in [-0.2, -0.15) is 0 Å². The Kier molecular flexibility index (Phi) is 3.14. The van der Waals surface area contributed by atoms with Gasteiger partial charge in [-0.25, -0.2) is 0 Å². The van der Waals surface area contributed by atoms with Crippen molar-refractivity contribution in [3.63, 3.8) is 0 Å². The van der Waals surface area contributed by atoms with Crippen molar-refractivity contribution in [2.75, 3.05) is 0 Å². The number of aromatic nitrogens is 1. The number of rotatable bonds is 2. The van der Waals surface area contributed by atoms with Gasteiger partial charge in [-0.15, -0.1) is 0 Å². The molecule has 2 rings (SSSR count). The Morgan fingerprint density at radius 2 is 2.29 bits per heavy atom. The van der Waals surface area contributed by atoms with Crippen LogP contribution in [0.2, 0.25) is 0 Å². The van der Waals surface area contributed by atoms with Gasteiger partial charge in [-0.3, -0.25) is 4.98 Å². The molecule has 1 atom stereocenters. The van der Waals surface area contributed by atoms with Crippen LogP contribution in [0, 0.1) is 0 Å². The fourth-order valence-corrected chi connectivity index (χ4v) is 1.92. The number of alkyl halides is 1. The average molecular weight is 250 g/mol. The van der Waals surface area contributed by atoms with Crippen molar-refractivity contribution in [1.82, 2.24) is 4.98 Å². The maximum absolute atomic E-state index is 4.24. The van der Waals surface area contributed by atoms with Crippen molar-refractivity contribution in [2.45, 2.75) is 17.7 Å². The van der Waals surface area contributed by atoms with Crippen LogP contribution >= 0.6 is 15.9 Å². The molecule has 0 aromatic carbocycles. The normalized spacial score (nSPS) is 19.9. The molecule has 1 aliphatic rings. The van der Waals surface area contributed by atoms with Crippen molar-refractivity contribution in [3.8, 4) is 0 Å². The van der Waals surface area contributed by atoms with E-state index in [2.05, 4.69) is 51.3 Å². The minimum absolute atomic E-state index is 0.506. The Morgan fingerprint density at radius 3 is 3.00 bits per heavy atom. The lowest BCUT2D eigenvalue weighted by atomic mass is 9.93. The van der Waals surface area contributed by atoms with Crippen LogP contribution in [0.15, 0.2) is 42.8 Å². The second-order valence-electron chi connectivity index (χ2n) is 3.42. The molecule has 1 aliphatic carbocycles. The summed E-state index contributed by atoms with van der Waals surface area (Å²) in [5.74, 6) is 0.506. The molecule has 0 bridgehead atoms. The zero-order valence-electron chi connectivity index (χ0n) is 7.86. The Morgan fingerprint density at radius 1 is 1.36 bits per heavy atom. The topological polar surface area (TPSA) is 12.9 Å². The molecular weight excluding hydrogens is 238 g/mol. The van der Waals surface area contributed by atoms with Gasteiger partial charge in [0.15, 0.2) is 0 Å². The highest BCUT2D eigenvalue weighted by Crippen LogP contribution is 2.24. The zero-order valence-corrected chi connectivity index (χ0v) is 9.44. The molecule has 0 amide bonds. The zero-order chi connectivity index (χ0) is 9.80. The summed E-state index contributed by atoms with van der Waals surface area (Å²) in [5.41, 5.74) is 2.55. The lowest BCUT2D eigenvalue weighted by Gasteiger charge is -2.13. The van der Waals surface area contributed by atoms with E-state index in [-0.39, 0.29) is 0 Å². The van der Waals surface area contributed by atoms with Crippen molar-refractivity contribution in [2.24, 2.45) is 0 Å². The molecule has 2 heteroatoms. The van der Waals surface area contributed by atoms with Gasteiger partial charge < -0.3 is 0 Å². The second kappa shape index (κ2) is 4.56. The summed E-state index contributed by atoms with van der Waals surface area (Å²) in [7, 11) is 0. The molecule has 1 unspecified atom stereocenters. The second-order valence-corrected chi connectivity index (χ2v) is 3.98. The first-order valence-electron chi connectivity index (χ1n) is 4.73. The van der Waals surface area contributed by atoms with Gasteiger partial charge in [0.2, 0.25) is 0 Å². The monoisotopic (exact) mass is 249 g/mol. The van der Waals surface area contributed by atoms with E-state index in [1.54, 1.807) is 0 Å². The molecule has 14 heavy (non-hydrogen) atoms. The van der Waals surface area contributed by atoms with E-state index in [1.807, 2.05) is 12.4 Å². The molecule has 1 aromatic heterocycles. The van der Waals surface area contributed by atoms with Gasteiger partial charge in [0, 0.05) is 23.6 Å². The van der Waals surface area contributed by atoms with E-state index in [0.29, 0.717) is 5.92 Å². The number of hydrogen-bond donors (Lipinski definition) is 0. The quantitative estimate of drug-likeness (QED) is 0.731. The molecule has 1 heterocycles. The molecule has 0 N–H and O–H groups in total. The summed E-state index contributed by atoms with van der Waals surface area (Å²) < 4.78 is 0. The average Bonchev–Trinajstić information content (AvgIpc) is 2.30. The van der Waals surface area contributed by atoms with Crippen LogP contribution < -0.4 is 0 Å². The van der Waals surface area contributed by atoms with Crippen LogP contribution in [0.4, 0.5) is 0 Å². The fraction of sp³-hybridized carbons (Fsp3) is 0.250. The van der Waals surface area contributed by atoms with Crippen molar-refractivity contribution in [1.29, 1.82) is 0 Å². The number of halogens is 1. The molecule has 0 spiro atoms. The molecule has 1 nitrogen and oxygen atoms in total. The Labute approximate surface area is 92.7 Å². The number of nitrogens with zero attached hydrogens (tertiary/aromatic N) is 1. The molecule has 0 radical (unpaired) electrons. The molecule has 0 saturated heterocycles. The minimum Gasteiger partial charge on any atom is -0.264 e. The molecule has 0 fully saturated rings. The lowest BCUT2D eigenvalue weighted by molar-refractivity contribution is 0.844. The summed E-state index contributed by atoms with van der Waals surface area (Å²) in [4.78, 5) is 4.24. The number of pyridine rings is 1. The van der Waals surface area contributed by atoms with E-state index in [4.69, 9.17) is 0 Å². The molecule has 72 valence electrons. The predicted molar refractivity (Wildman–Crippen MR) is 62.5 cm³/mol. The van der Waals surface area contributed by atoms with Crippen molar-refractivity contribution >= 4 is 15.9 Å². The van der Waals surface area contributed by atoms with E-state index >= 15 is 0 Å². The van der Waals surface area contributed by atoms with Gasteiger partial charge in [0.05, 0.1) is 0 Å². The van der Waals surface area contributed by atoms with Crippen molar-refractivity contribution in [3.05, 3.63) is 53.9 Å². The maximum Gasteiger partial charge on any atom is 0.0308 e. The van der Waals surface area contributed by atoms with Gasteiger partial charge >= 0.3 is 0 Å². The highest BCUT2D eigenvalue weighted by atomic mass is 79.9. The largest absolute Gasteiger partial charge is 0.264 e. The first kappa shape index (κ1) is 9.66. The van der Waals surface area contributed by atoms with Crippen molar-refractivity contribution < 1.29 is 0 Å². The number of allylic oxidation sites excluding steroid dienone is 4. The third kappa shape index (κ3) is 2.13. The van der Waals surface area contributed by atoms with E-state index < -0.39 is 0 Å². The molecular formula is C12H12BrN. The van der Waals surface area contributed by atoms with Gasteiger partial charge in [0.1, 0.15) is 0 Å². The van der Waals surface area contributed by atoms with Crippen LogP contribution in [0.1, 0.15) is 23.5 Å². The van der Waals surface area contributed by atoms with Crippen LogP contribution in [0.25, 0.3) is 0 Å². The SMILES string of the molecule is BrCc1cncc(C2C=CC=CC2)c1. The summed E-state index contributed by atoms with van der Waals surface area (Å²) in [5, 5.41) is 0.875. The Balaban J connectivity index is 2.23. The third-order valence-electron chi connectivity index (χ3n) is 2.38. The lowest BCUT2D eigenvalue weighted by Crippen LogP contribution is -1.97. The molecule has 0 saturated carbocycles. The molecule has 1 aromatic rings. The van der Waals surface area contributed by atoms with Crippen LogP contribution in [-0.2, 0) is 5.33 Å².